The third-order valence-corrected chi connectivity index (χ3v) is 6.94. The molecule has 3 aromatic carbocycles. The second kappa shape index (κ2) is 11.8. The SMILES string of the molecule is [2H]C(c1ccc(-c2ccc3nccnc3c2)cc1)N(C(=O)C1CCCCC1)c1cccc(/C=C/C(=O)OC)c1. The fourth-order valence-corrected chi connectivity index (χ4v) is 4.88. The molecule has 1 fully saturated rings. The highest BCUT2D eigenvalue weighted by Crippen LogP contribution is 2.30. The van der Waals surface area contributed by atoms with Crippen LogP contribution in [0.3, 0.4) is 0 Å². The lowest BCUT2D eigenvalue weighted by Gasteiger charge is -2.30. The number of fused-ring (bicyclic) bond motifs is 1. The molecule has 0 spiro atoms. The molecule has 5 rings (SSSR count). The molecule has 192 valence electrons. The van der Waals surface area contributed by atoms with Crippen LogP contribution in [0.1, 0.15) is 44.6 Å². The highest BCUT2D eigenvalue weighted by atomic mass is 16.5. The first-order chi connectivity index (χ1) is 19.0. The van der Waals surface area contributed by atoms with Gasteiger partial charge in [-0.2, -0.15) is 0 Å². The van der Waals surface area contributed by atoms with E-state index in [1.54, 1.807) is 23.4 Å². The molecule has 0 bridgehead atoms. The molecule has 1 aromatic heterocycles. The van der Waals surface area contributed by atoms with Crippen molar-refractivity contribution in [1.29, 1.82) is 0 Å². The summed E-state index contributed by atoms with van der Waals surface area (Å²) in [5.41, 5.74) is 5.78. The zero-order chi connectivity index (χ0) is 27.2. The Balaban J connectivity index is 1.46. The van der Waals surface area contributed by atoms with E-state index in [2.05, 4.69) is 9.97 Å². The molecule has 1 aliphatic rings. The van der Waals surface area contributed by atoms with Crippen LogP contribution in [-0.4, -0.2) is 29.0 Å². The Hall–Kier alpha value is -4.32. The summed E-state index contributed by atoms with van der Waals surface area (Å²) < 4.78 is 13.9. The smallest absolute Gasteiger partial charge is 0.330 e. The topological polar surface area (TPSA) is 72.4 Å². The van der Waals surface area contributed by atoms with Gasteiger partial charge in [0.05, 0.1) is 26.0 Å². The van der Waals surface area contributed by atoms with Gasteiger partial charge in [-0.1, -0.05) is 61.7 Å². The molecule has 1 saturated carbocycles. The van der Waals surface area contributed by atoms with Crippen molar-refractivity contribution >= 4 is 34.7 Å². The maximum atomic E-state index is 13.9. The largest absolute Gasteiger partial charge is 0.466 e. The Morgan fingerprint density at radius 1 is 0.947 bits per heavy atom. The van der Waals surface area contributed by atoms with Crippen LogP contribution in [0.15, 0.2) is 85.2 Å². The van der Waals surface area contributed by atoms with E-state index in [-0.39, 0.29) is 11.8 Å². The molecule has 0 aliphatic heterocycles. The maximum absolute atomic E-state index is 13.9. The molecule has 0 radical (unpaired) electrons. The standard InChI is InChI=1S/C32H31N3O3/c1-38-31(36)17-12-23-6-5-9-28(20-23)35(32(37)26-7-3-2-4-8-26)22-24-10-13-25(14-11-24)27-15-16-29-30(21-27)34-19-18-33-29/h5-6,9-21,26H,2-4,7-8,22H2,1H3/b17-12+/i22D. The van der Waals surface area contributed by atoms with Crippen molar-refractivity contribution in [2.45, 2.75) is 38.6 Å². The summed E-state index contributed by atoms with van der Waals surface area (Å²) in [6.45, 7) is -0.921. The lowest BCUT2D eigenvalue weighted by molar-refractivity contribution is -0.134. The summed E-state index contributed by atoms with van der Waals surface area (Å²) in [5, 5.41) is 0. The molecular weight excluding hydrogens is 474 g/mol. The van der Waals surface area contributed by atoms with Crippen molar-refractivity contribution in [3.05, 3.63) is 96.3 Å². The van der Waals surface area contributed by atoms with Gasteiger partial charge >= 0.3 is 5.97 Å². The minimum Gasteiger partial charge on any atom is -0.466 e. The van der Waals surface area contributed by atoms with Crippen molar-refractivity contribution in [2.24, 2.45) is 5.92 Å². The Labute approximate surface area is 224 Å². The van der Waals surface area contributed by atoms with E-state index in [1.165, 1.54) is 13.2 Å². The number of hydrogen-bond acceptors (Lipinski definition) is 5. The van der Waals surface area contributed by atoms with Gasteiger partial charge in [0.25, 0.3) is 0 Å². The molecule has 6 heteroatoms. The summed E-state index contributed by atoms with van der Waals surface area (Å²) in [6.07, 6.45) is 11.2. The number of carbonyl (C=O) groups excluding carboxylic acids is 2. The summed E-state index contributed by atoms with van der Waals surface area (Å²) in [7, 11) is 1.33. The average Bonchev–Trinajstić information content (AvgIpc) is 3.00. The Bertz CT molecular complexity index is 1500. The van der Waals surface area contributed by atoms with Crippen molar-refractivity contribution in [1.82, 2.24) is 9.97 Å². The van der Waals surface area contributed by atoms with Crippen molar-refractivity contribution < 1.29 is 15.7 Å². The Morgan fingerprint density at radius 3 is 2.45 bits per heavy atom. The predicted molar refractivity (Wildman–Crippen MR) is 150 cm³/mol. The van der Waals surface area contributed by atoms with Crippen molar-refractivity contribution in [2.75, 3.05) is 12.0 Å². The van der Waals surface area contributed by atoms with Gasteiger partial charge in [-0.15, -0.1) is 0 Å². The molecular formula is C32H31N3O3. The summed E-state index contributed by atoms with van der Waals surface area (Å²) in [5.74, 6) is -0.577. The van der Waals surface area contributed by atoms with Crippen LogP contribution >= 0.6 is 0 Å². The molecule has 0 N–H and O–H groups in total. The second-order valence-electron chi connectivity index (χ2n) is 9.51. The van der Waals surface area contributed by atoms with Crippen LogP contribution in [0.4, 0.5) is 5.69 Å². The van der Waals surface area contributed by atoms with Crippen LogP contribution in [0.25, 0.3) is 28.2 Å². The van der Waals surface area contributed by atoms with E-state index < -0.39 is 12.5 Å². The fraction of sp³-hybridized carbons (Fsp3) is 0.250. The molecule has 6 nitrogen and oxygen atoms in total. The first-order valence-electron chi connectivity index (χ1n) is 13.5. The average molecular weight is 507 g/mol. The maximum Gasteiger partial charge on any atom is 0.330 e. The Kier molecular flexibility index (Phi) is 7.48. The van der Waals surface area contributed by atoms with E-state index in [4.69, 9.17) is 4.74 Å². The van der Waals surface area contributed by atoms with E-state index in [0.717, 1.165) is 65.4 Å². The first-order valence-corrected chi connectivity index (χ1v) is 13.0. The Morgan fingerprint density at radius 2 is 1.68 bits per heavy atom. The van der Waals surface area contributed by atoms with E-state index in [0.29, 0.717) is 5.69 Å². The van der Waals surface area contributed by atoms with E-state index in [1.807, 2.05) is 66.7 Å². The number of esters is 1. The van der Waals surface area contributed by atoms with Gasteiger partial charge in [-0.3, -0.25) is 14.8 Å². The van der Waals surface area contributed by atoms with Gasteiger partial charge in [0.15, 0.2) is 0 Å². The van der Waals surface area contributed by atoms with Gasteiger partial charge < -0.3 is 9.64 Å². The number of anilines is 1. The number of methoxy groups -OCH3 is 1. The molecule has 1 amide bonds. The summed E-state index contributed by atoms with van der Waals surface area (Å²) in [4.78, 5) is 35.8. The van der Waals surface area contributed by atoms with Crippen LogP contribution in [0.2, 0.25) is 0 Å². The summed E-state index contributed by atoms with van der Waals surface area (Å²) in [6, 6.07) is 21.1. The van der Waals surface area contributed by atoms with Crippen LogP contribution in [-0.2, 0) is 20.8 Å². The van der Waals surface area contributed by atoms with Crippen molar-refractivity contribution in [3.63, 3.8) is 0 Å². The lowest BCUT2D eigenvalue weighted by atomic mass is 9.88. The second-order valence-corrected chi connectivity index (χ2v) is 9.51. The van der Waals surface area contributed by atoms with Crippen LogP contribution in [0.5, 0.6) is 0 Å². The van der Waals surface area contributed by atoms with Crippen LogP contribution < -0.4 is 4.90 Å². The molecule has 38 heavy (non-hydrogen) atoms. The molecule has 1 aliphatic carbocycles. The number of rotatable bonds is 7. The zero-order valence-electron chi connectivity index (χ0n) is 22.4. The number of hydrogen-bond donors (Lipinski definition) is 0. The molecule has 4 aromatic rings. The van der Waals surface area contributed by atoms with E-state index >= 15 is 0 Å². The minimum atomic E-state index is -0.921. The van der Waals surface area contributed by atoms with Gasteiger partial charge in [-0.05, 0) is 65.4 Å². The number of amides is 1. The van der Waals surface area contributed by atoms with Gasteiger partial charge in [0.1, 0.15) is 0 Å². The molecule has 0 saturated heterocycles. The number of ether oxygens (including phenoxy) is 1. The highest BCUT2D eigenvalue weighted by Gasteiger charge is 2.27. The number of carbonyl (C=O) groups is 2. The fourth-order valence-electron chi connectivity index (χ4n) is 4.88. The van der Waals surface area contributed by atoms with Crippen molar-refractivity contribution in [3.8, 4) is 11.1 Å². The molecule has 1 heterocycles. The quantitative estimate of drug-likeness (QED) is 0.209. The third-order valence-electron chi connectivity index (χ3n) is 6.94. The highest BCUT2D eigenvalue weighted by molar-refractivity contribution is 5.95. The number of nitrogens with zero attached hydrogens (tertiary/aromatic N) is 3. The predicted octanol–water partition coefficient (Wildman–Crippen LogP) is 6.60. The van der Waals surface area contributed by atoms with Crippen LogP contribution in [0, 0.1) is 5.92 Å². The third kappa shape index (κ3) is 5.97. The lowest BCUT2D eigenvalue weighted by Crippen LogP contribution is -2.36. The van der Waals surface area contributed by atoms with Gasteiger partial charge in [0, 0.05) is 30.1 Å². The number of benzene rings is 3. The monoisotopic (exact) mass is 506 g/mol. The number of aromatic nitrogens is 2. The minimum absolute atomic E-state index is 0.0269. The summed E-state index contributed by atoms with van der Waals surface area (Å²) >= 11 is 0. The van der Waals surface area contributed by atoms with E-state index in [9.17, 15) is 11.0 Å². The van der Waals surface area contributed by atoms with Gasteiger partial charge in [-0.25, -0.2) is 4.79 Å². The van der Waals surface area contributed by atoms with Gasteiger partial charge in [0.2, 0.25) is 5.91 Å². The normalized spacial score (nSPS) is 15.2. The molecule has 1 atom stereocenters. The first kappa shape index (κ1) is 24.0. The molecule has 1 unspecified atom stereocenters. The zero-order valence-corrected chi connectivity index (χ0v) is 21.4.